The molecule has 1 saturated heterocycles. The first-order valence-corrected chi connectivity index (χ1v) is 6.20. The van der Waals surface area contributed by atoms with E-state index in [1.54, 1.807) is 12.1 Å². The van der Waals surface area contributed by atoms with Gasteiger partial charge in [-0.25, -0.2) is 0 Å². The van der Waals surface area contributed by atoms with Gasteiger partial charge < -0.3 is 4.74 Å². The number of Topliss-reactive ketones (excluding diaryl/α,β-unsaturated/α-hetero) is 1. The first kappa shape index (κ1) is 14.6. The predicted octanol–water partition coefficient (Wildman–Crippen LogP) is 1.50. The standard InChI is InChI=1S/C14H15F2NO3/c1-20-13(19)11-8-17(9-14(15,16)12(11)18)7-10-5-3-2-4-6-10/h2-6,11H,7-9H2,1H3. The van der Waals surface area contributed by atoms with Gasteiger partial charge in [-0.15, -0.1) is 0 Å². The second-order valence-corrected chi connectivity index (χ2v) is 4.80. The van der Waals surface area contributed by atoms with Gasteiger partial charge in [-0.2, -0.15) is 8.78 Å². The quantitative estimate of drug-likeness (QED) is 0.623. The Labute approximate surface area is 115 Å². The van der Waals surface area contributed by atoms with Gasteiger partial charge in [0.1, 0.15) is 5.92 Å². The number of ketones is 1. The molecule has 0 bridgehead atoms. The molecule has 4 nitrogen and oxygen atoms in total. The zero-order chi connectivity index (χ0) is 14.8. The minimum atomic E-state index is -3.52. The zero-order valence-electron chi connectivity index (χ0n) is 11.0. The van der Waals surface area contributed by atoms with Gasteiger partial charge in [-0.1, -0.05) is 30.3 Å². The second-order valence-electron chi connectivity index (χ2n) is 4.80. The Morgan fingerprint density at radius 2 is 2.05 bits per heavy atom. The highest BCUT2D eigenvalue weighted by atomic mass is 19.3. The van der Waals surface area contributed by atoms with E-state index in [9.17, 15) is 18.4 Å². The number of halogens is 2. The maximum atomic E-state index is 13.7. The van der Waals surface area contributed by atoms with Crippen molar-refractivity contribution < 1.29 is 23.1 Å². The van der Waals surface area contributed by atoms with E-state index in [-0.39, 0.29) is 13.1 Å². The summed E-state index contributed by atoms with van der Waals surface area (Å²) in [5, 5.41) is 0. The molecule has 1 atom stereocenters. The number of rotatable bonds is 3. The van der Waals surface area contributed by atoms with Gasteiger partial charge in [0.25, 0.3) is 0 Å². The van der Waals surface area contributed by atoms with Gasteiger partial charge >= 0.3 is 11.9 Å². The van der Waals surface area contributed by atoms with Crippen LogP contribution >= 0.6 is 0 Å². The monoisotopic (exact) mass is 283 g/mol. The lowest BCUT2D eigenvalue weighted by molar-refractivity contribution is -0.169. The molecule has 20 heavy (non-hydrogen) atoms. The fraction of sp³-hybridized carbons (Fsp3) is 0.429. The second kappa shape index (κ2) is 5.66. The molecule has 2 rings (SSSR count). The van der Waals surface area contributed by atoms with Crippen molar-refractivity contribution in [1.29, 1.82) is 0 Å². The molecule has 6 heteroatoms. The van der Waals surface area contributed by atoms with Crippen LogP contribution in [0.5, 0.6) is 0 Å². The topological polar surface area (TPSA) is 46.6 Å². The summed E-state index contributed by atoms with van der Waals surface area (Å²) in [6, 6.07) is 9.05. The normalized spacial score (nSPS) is 22.6. The van der Waals surface area contributed by atoms with E-state index in [1.165, 1.54) is 4.90 Å². The van der Waals surface area contributed by atoms with Crippen molar-refractivity contribution in [3.05, 3.63) is 35.9 Å². The molecule has 0 saturated carbocycles. The predicted molar refractivity (Wildman–Crippen MR) is 67.2 cm³/mol. The largest absolute Gasteiger partial charge is 0.468 e. The van der Waals surface area contributed by atoms with Crippen LogP contribution in [0.25, 0.3) is 0 Å². The lowest BCUT2D eigenvalue weighted by Gasteiger charge is -2.35. The number of piperidine rings is 1. The van der Waals surface area contributed by atoms with E-state index < -0.39 is 30.1 Å². The first-order valence-electron chi connectivity index (χ1n) is 6.20. The molecule has 0 N–H and O–H groups in total. The molecule has 1 heterocycles. The number of nitrogens with zero attached hydrogens (tertiary/aromatic N) is 1. The van der Waals surface area contributed by atoms with Gasteiger partial charge in [0.05, 0.1) is 13.7 Å². The zero-order valence-corrected chi connectivity index (χ0v) is 11.0. The van der Waals surface area contributed by atoms with Gasteiger partial charge in [0, 0.05) is 13.1 Å². The summed E-state index contributed by atoms with van der Waals surface area (Å²) >= 11 is 0. The molecular formula is C14H15F2NO3. The highest BCUT2D eigenvalue weighted by molar-refractivity contribution is 6.03. The Morgan fingerprint density at radius 3 is 2.65 bits per heavy atom. The van der Waals surface area contributed by atoms with Crippen molar-refractivity contribution in [2.24, 2.45) is 5.92 Å². The van der Waals surface area contributed by atoms with Gasteiger partial charge in [0.15, 0.2) is 0 Å². The van der Waals surface area contributed by atoms with Crippen molar-refractivity contribution in [3.63, 3.8) is 0 Å². The van der Waals surface area contributed by atoms with Crippen LogP contribution < -0.4 is 0 Å². The minimum absolute atomic E-state index is 0.0456. The van der Waals surface area contributed by atoms with Gasteiger partial charge in [-0.3, -0.25) is 14.5 Å². The molecule has 108 valence electrons. The van der Waals surface area contributed by atoms with E-state index in [2.05, 4.69) is 4.74 Å². The van der Waals surface area contributed by atoms with Crippen molar-refractivity contribution in [3.8, 4) is 0 Å². The lowest BCUT2D eigenvalue weighted by atomic mass is 9.93. The van der Waals surface area contributed by atoms with Crippen LogP contribution in [0.15, 0.2) is 30.3 Å². The van der Waals surface area contributed by atoms with E-state index in [0.29, 0.717) is 0 Å². The average Bonchev–Trinajstić information content (AvgIpc) is 2.42. The fourth-order valence-corrected chi connectivity index (χ4v) is 2.31. The summed E-state index contributed by atoms with van der Waals surface area (Å²) < 4.78 is 31.8. The number of esters is 1. The number of alkyl halides is 2. The molecule has 1 fully saturated rings. The Hall–Kier alpha value is -1.82. The van der Waals surface area contributed by atoms with Crippen LogP contribution in [-0.4, -0.2) is 42.8 Å². The highest BCUT2D eigenvalue weighted by Crippen LogP contribution is 2.28. The molecule has 0 spiro atoms. The first-order chi connectivity index (χ1) is 9.44. The summed E-state index contributed by atoms with van der Waals surface area (Å²) in [5.74, 6) is -7.21. The molecule has 1 unspecified atom stereocenters. The summed E-state index contributed by atoms with van der Waals surface area (Å²) in [4.78, 5) is 24.4. The number of carbonyl (C=O) groups excluding carboxylic acids is 2. The molecule has 1 aliphatic rings. The Balaban J connectivity index is 2.15. The Kier molecular flexibility index (Phi) is 4.13. The van der Waals surface area contributed by atoms with Gasteiger partial charge in [-0.05, 0) is 5.56 Å². The van der Waals surface area contributed by atoms with E-state index in [1.807, 2.05) is 18.2 Å². The van der Waals surface area contributed by atoms with Crippen molar-refractivity contribution >= 4 is 11.8 Å². The number of hydrogen-bond acceptors (Lipinski definition) is 4. The Morgan fingerprint density at radius 1 is 1.40 bits per heavy atom. The number of likely N-dealkylation sites (tertiary alicyclic amines) is 1. The van der Waals surface area contributed by atoms with E-state index >= 15 is 0 Å². The number of carbonyl (C=O) groups is 2. The molecular weight excluding hydrogens is 268 g/mol. The maximum Gasteiger partial charge on any atom is 0.318 e. The van der Waals surface area contributed by atoms with Crippen molar-refractivity contribution in [2.75, 3.05) is 20.2 Å². The molecule has 0 aliphatic carbocycles. The van der Waals surface area contributed by atoms with E-state index in [0.717, 1.165) is 12.7 Å². The van der Waals surface area contributed by atoms with Crippen LogP contribution in [0.4, 0.5) is 8.78 Å². The molecule has 1 aliphatic heterocycles. The summed E-state index contributed by atoms with van der Waals surface area (Å²) in [6.07, 6.45) is 0. The Bertz CT molecular complexity index is 504. The summed E-state index contributed by atoms with van der Waals surface area (Å²) in [5.41, 5.74) is 0.848. The SMILES string of the molecule is COC(=O)C1CN(Cc2ccccc2)CC(F)(F)C1=O. The summed E-state index contributed by atoms with van der Waals surface area (Å²) in [7, 11) is 1.09. The van der Waals surface area contributed by atoms with E-state index in [4.69, 9.17) is 0 Å². The minimum Gasteiger partial charge on any atom is -0.468 e. The molecule has 1 aromatic carbocycles. The molecule has 0 amide bonds. The van der Waals surface area contributed by atoms with Gasteiger partial charge in [0.2, 0.25) is 5.78 Å². The smallest absolute Gasteiger partial charge is 0.318 e. The fourth-order valence-electron chi connectivity index (χ4n) is 2.31. The summed E-state index contributed by atoms with van der Waals surface area (Å²) in [6.45, 7) is -0.457. The number of benzene rings is 1. The third-order valence-corrected chi connectivity index (χ3v) is 3.27. The third kappa shape index (κ3) is 3.01. The third-order valence-electron chi connectivity index (χ3n) is 3.27. The van der Waals surface area contributed by atoms with Crippen molar-refractivity contribution in [2.45, 2.75) is 12.5 Å². The number of methoxy groups -OCH3 is 1. The molecule has 0 radical (unpaired) electrons. The van der Waals surface area contributed by atoms with Crippen LogP contribution in [-0.2, 0) is 20.9 Å². The van der Waals surface area contributed by atoms with Crippen LogP contribution in [0.2, 0.25) is 0 Å². The number of hydrogen-bond donors (Lipinski definition) is 0. The maximum absolute atomic E-state index is 13.7. The lowest BCUT2D eigenvalue weighted by Crippen LogP contribution is -2.56. The molecule has 0 aromatic heterocycles. The average molecular weight is 283 g/mol. The van der Waals surface area contributed by atoms with Crippen LogP contribution in [0.3, 0.4) is 0 Å². The van der Waals surface area contributed by atoms with Crippen LogP contribution in [0, 0.1) is 5.92 Å². The van der Waals surface area contributed by atoms with Crippen molar-refractivity contribution in [1.82, 2.24) is 4.90 Å². The van der Waals surface area contributed by atoms with Crippen LogP contribution in [0.1, 0.15) is 5.56 Å². The highest BCUT2D eigenvalue weighted by Gasteiger charge is 2.51. The number of ether oxygens (including phenoxy) is 1. The molecule has 1 aromatic rings.